The van der Waals surface area contributed by atoms with Gasteiger partial charge in [0.2, 0.25) is 0 Å². The van der Waals surface area contributed by atoms with Gasteiger partial charge in [-0.25, -0.2) is 0 Å². The molecule has 0 amide bonds. The molecular formula is C20H40. The van der Waals surface area contributed by atoms with Crippen LogP contribution in [0.25, 0.3) is 0 Å². The standard InChI is InChI=1S/C20H40/c1-7-16(2)19(15-20(4,5)6)14-18-13-11-9-8-10-12-17(18)3/h16-19H,7-15H2,1-6H3. The molecule has 1 rings (SSSR count). The number of hydrogen-bond donors (Lipinski definition) is 0. The van der Waals surface area contributed by atoms with Gasteiger partial charge in [-0.05, 0) is 41.9 Å². The molecule has 0 saturated heterocycles. The summed E-state index contributed by atoms with van der Waals surface area (Å²) in [5.74, 6) is 3.79. The second-order valence-electron chi connectivity index (χ2n) is 8.88. The zero-order chi connectivity index (χ0) is 15.2. The van der Waals surface area contributed by atoms with Crippen LogP contribution in [0.3, 0.4) is 0 Å². The molecule has 0 spiro atoms. The maximum atomic E-state index is 2.53. The second kappa shape index (κ2) is 8.44. The van der Waals surface area contributed by atoms with Crippen molar-refractivity contribution in [3.8, 4) is 0 Å². The first kappa shape index (κ1) is 18.1. The van der Waals surface area contributed by atoms with E-state index in [2.05, 4.69) is 41.5 Å². The summed E-state index contributed by atoms with van der Waals surface area (Å²) in [5.41, 5.74) is 0.485. The molecule has 0 heterocycles. The Bertz CT molecular complexity index is 247. The van der Waals surface area contributed by atoms with Crippen molar-refractivity contribution in [1.29, 1.82) is 0 Å². The average Bonchev–Trinajstić information content (AvgIpc) is 2.34. The van der Waals surface area contributed by atoms with Gasteiger partial charge in [-0.2, -0.15) is 0 Å². The third-order valence-corrected chi connectivity index (χ3v) is 5.72. The minimum Gasteiger partial charge on any atom is -0.0651 e. The van der Waals surface area contributed by atoms with E-state index in [1.165, 1.54) is 57.8 Å². The first-order valence-corrected chi connectivity index (χ1v) is 9.33. The van der Waals surface area contributed by atoms with Gasteiger partial charge in [-0.3, -0.25) is 0 Å². The van der Waals surface area contributed by atoms with Crippen molar-refractivity contribution in [2.75, 3.05) is 0 Å². The van der Waals surface area contributed by atoms with Gasteiger partial charge in [0.05, 0.1) is 0 Å². The van der Waals surface area contributed by atoms with E-state index in [4.69, 9.17) is 0 Å². The molecule has 0 bridgehead atoms. The molecule has 0 heteroatoms. The lowest BCUT2D eigenvalue weighted by Gasteiger charge is -2.35. The van der Waals surface area contributed by atoms with Crippen molar-refractivity contribution < 1.29 is 0 Å². The summed E-state index contributed by atoms with van der Waals surface area (Å²) in [7, 11) is 0. The quantitative estimate of drug-likeness (QED) is 0.504. The van der Waals surface area contributed by atoms with Crippen LogP contribution in [0.15, 0.2) is 0 Å². The van der Waals surface area contributed by atoms with Gasteiger partial charge in [0.1, 0.15) is 0 Å². The van der Waals surface area contributed by atoms with Gasteiger partial charge < -0.3 is 0 Å². The van der Waals surface area contributed by atoms with Gasteiger partial charge in [0.15, 0.2) is 0 Å². The Morgan fingerprint density at radius 2 is 1.60 bits per heavy atom. The molecule has 1 aliphatic carbocycles. The van der Waals surface area contributed by atoms with Crippen LogP contribution in [0.4, 0.5) is 0 Å². The highest BCUT2D eigenvalue weighted by Crippen LogP contribution is 2.39. The van der Waals surface area contributed by atoms with Crippen LogP contribution in [0, 0.1) is 29.1 Å². The molecule has 0 aromatic carbocycles. The van der Waals surface area contributed by atoms with Crippen LogP contribution >= 0.6 is 0 Å². The molecule has 4 atom stereocenters. The molecule has 0 N–H and O–H groups in total. The summed E-state index contributed by atoms with van der Waals surface area (Å²) in [6, 6.07) is 0. The zero-order valence-electron chi connectivity index (χ0n) is 15.2. The first-order valence-electron chi connectivity index (χ1n) is 9.33. The fraction of sp³-hybridized carbons (Fsp3) is 1.00. The summed E-state index contributed by atoms with van der Waals surface area (Å²) in [6.07, 6.45) is 13.2. The lowest BCUT2D eigenvalue weighted by molar-refractivity contribution is 0.154. The highest BCUT2D eigenvalue weighted by molar-refractivity contribution is 4.79. The van der Waals surface area contributed by atoms with E-state index in [0.29, 0.717) is 5.41 Å². The van der Waals surface area contributed by atoms with E-state index >= 15 is 0 Å². The minimum absolute atomic E-state index is 0.485. The molecule has 1 aliphatic rings. The molecule has 1 saturated carbocycles. The van der Waals surface area contributed by atoms with Gasteiger partial charge in [0.25, 0.3) is 0 Å². The fourth-order valence-electron chi connectivity index (χ4n) is 4.12. The fourth-order valence-corrected chi connectivity index (χ4v) is 4.12. The smallest absolute Gasteiger partial charge is 0.0380 e. The highest BCUT2D eigenvalue weighted by atomic mass is 14.3. The van der Waals surface area contributed by atoms with Crippen molar-refractivity contribution in [1.82, 2.24) is 0 Å². The van der Waals surface area contributed by atoms with Crippen LogP contribution in [0.1, 0.15) is 99.3 Å². The van der Waals surface area contributed by atoms with Crippen molar-refractivity contribution >= 4 is 0 Å². The topological polar surface area (TPSA) is 0 Å². The second-order valence-corrected chi connectivity index (χ2v) is 8.88. The van der Waals surface area contributed by atoms with E-state index in [0.717, 1.165) is 23.7 Å². The van der Waals surface area contributed by atoms with E-state index < -0.39 is 0 Å². The normalized spacial score (nSPS) is 28.5. The Morgan fingerprint density at radius 3 is 2.15 bits per heavy atom. The molecule has 0 nitrogen and oxygen atoms in total. The number of hydrogen-bond acceptors (Lipinski definition) is 0. The van der Waals surface area contributed by atoms with Gasteiger partial charge in [-0.15, -0.1) is 0 Å². The molecule has 120 valence electrons. The van der Waals surface area contributed by atoms with Crippen molar-refractivity contribution in [3.05, 3.63) is 0 Å². The predicted molar refractivity (Wildman–Crippen MR) is 92.0 cm³/mol. The summed E-state index contributed by atoms with van der Waals surface area (Å²) in [4.78, 5) is 0. The Morgan fingerprint density at radius 1 is 1.00 bits per heavy atom. The highest BCUT2D eigenvalue weighted by Gasteiger charge is 2.28. The molecule has 1 fully saturated rings. The molecule has 0 aromatic heterocycles. The van der Waals surface area contributed by atoms with E-state index in [-0.39, 0.29) is 0 Å². The molecule has 4 unspecified atom stereocenters. The average molecular weight is 281 g/mol. The van der Waals surface area contributed by atoms with Crippen LogP contribution in [0.5, 0.6) is 0 Å². The summed E-state index contributed by atoms with van der Waals surface area (Å²) < 4.78 is 0. The number of rotatable bonds is 5. The van der Waals surface area contributed by atoms with Crippen LogP contribution in [-0.2, 0) is 0 Å². The van der Waals surface area contributed by atoms with Crippen LogP contribution in [0.2, 0.25) is 0 Å². The van der Waals surface area contributed by atoms with E-state index in [9.17, 15) is 0 Å². The van der Waals surface area contributed by atoms with Crippen LogP contribution < -0.4 is 0 Å². The lowest BCUT2D eigenvalue weighted by Crippen LogP contribution is -2.25. The van der Waals surface area contributed by atoms with E-state index in [1.54, 1.807) is 0 Å². The molecule has 0 aromatic rings. The van der Waals surface area contributed by atoms with Crippen molar-refractivity contribution in [2.45, 2.75) is 99.3 Å². The maximum Gasteiger partial charge on any atom is -0.0380 e. The summed E-state index contributed by atoms with van der Waals surface area (Å²) in [6.45, 7) is 14.7. The van der Waals surface area contributed by atoms with Crippen LogP contribution in [-0.4, -0.2) is 0 Å². The Labute approximate surface area is 129 Å². The van der Waals surface area contributed by atoms with Gasteiger partial charge in [-0.1, -0.05) is 86.5 Å². The first-order chi connectivity index (χ1) is 9.33. The Kier molecular flexibility index (Phi) is 7.62. The van der Waals surface area contributed by atoms with Crippen molar-refractivity contribution in [3.63, 3.8) is 0 Å². The van der Waals surface area contributed by atoms with Gasteiger partial charge in [0, 0.05) is 0 Å². The van der Waals surface area contributed by atoms with Crippen molar-refractivity contribution in [2.24, 2.45) is 29.1 Å². The van der Waals surface area contributed by atoms with Gasteiger partial charge >= 0.3 is 0 Å². The molecule has 0 aliphatic heterocycles. The summed E-state index contributed by atoms with van der Waals surface area (Å²) in [5, 5.41) is 0. The largest absolute Gasteiger partial charge is 0.0651 e. The third-order valence-electron chi connectivity index (χ3n) is 5.72. The Hall–Kier alpha value is 0. The predicted octanol–water partition coefficient (Wildman–Crippen LogP) is 7.08. The summed E-state index contributed by atoms with van der Waals surface area (Å²) >= 11 is 0. The minimum atomic E-state index is 0.485. The lowest BCUT2D eigenvalue weighted by atomic mass is 9.70. The molecule has 20 heavy (non-hydrogen) atoms. The molecular weight excluding hydrogens is 240 g/mol. The maximum absolute atomic E-state index is 2.53. The van der Waals surface area contributed by atoms with E-state index in [1.807, 2.05) is 0 Å². The molecule has 0 radical (unpaired) electrons. The SMILES string of the molecule is CCC(C)C(CC1CCCCCCC1C)CC(C)(C)C. The zero-order valence-corrected chi connectivity index (χ0v) is 15.2. The monoisotopic (exact) mass is 280 g/mol. The Balaban J connectivity index is 2.65. The third kappa shape index (κ3) is 6.64.